The molecule has 2 N–H and O–H groups in total. The van der Waals surface area contributed by atoms with Crippen molar-refractivity contribution in [1.29, 1.82) is 0 Å². The van der Waals surface area contributed by atoms with Gasteiger partial charge in [0.2, 0.25) is 0 Å². The van der Waals surface area contributed by atoms with E-state index in [0.29, 0.717) is 11.5 Å². The van der Waals surface area contributed by atoms with Crippen LogP contribution in [0.4, 0.5) is 5.69 Å². The summed E-state index contributed by atoms with van der Waals surface area (Å²) in [7, 11) is 2.15. The zero-order chi connectivity index (χ0) is 13.8. The highest BCUT2D eigenvalue weighted by molar-refractivity contribution is 5.94. The van der Waals surface area contributed by atoms with Gasteiger partial charge in [-0.15, -0.1) is 0 Å². The van der Waals surface area contributed by atoms with Gasteiger partial charge in [0, 0.05) is 12.2 Å². The van der Waals surface area contributed by atoms with Gasteiger partial charge in [-0.1, -0.05) is 6.07 Å². The minimum Gasteiger partial charge on any atom is -0.478 e. The molecular formula is C15H22N2O2. The molecule has 0 unspecified atom stereocenters. The molecule has 104 valence electrons. The molecule has 1 aromatic carbocycles. The summed E-state index contributed by atoms with van der Waals surface area (Å²) in [5.41, 5.74) is 2.18. The first-order valence-corrected chi connectivity index (χ1v) is 6.82. The van der Waals surface area contributed by atoms with Crippen LogP contribution in [0.15, 0.2) is 18.2 Å². The Morgan fingerprint density at radius 2 is 2.11 bits per heavy atom. The maximum absolute atomic E-state index is 11.2. The number of nitrogens with zero attached hydrogens (tertiary/aromatic N) is 1. The van der Waals surface area contributed by atoms with E-state index in [1.54, 1.807) is 6.07 Å². The number of aromatic carboxylic acids is 1. The van der Waals surface area contributed by atoms with Crippen LogP contribution in [0.2, 0.25) is 0 Å². The van der Waals surface area contributed by atoms with E-state index in [-0.39, 0.29) is 0 Å². The van der Waals surface area contributed by atoms with Crippen LogP contribution >= 0.6 is 0 Å². The fourth-order valence-corrected chi connectivity index (χ4v) is 2.51. The fraction of sp³-hybridized carbons (Fsp3) is 0.533. The molecule has 1 aromatic rings. The standard InChI is InChI=1S/C15H22N2O2/c1-11-3-4-13(15(18)19)14(9-11)16-10-12-5-7-17(2)8-6-12/h3-4,9,12,16H,5-8,10H2,1-2H3,(H,18,19). The lowest BCUT2D eigenvalue weighted by molar-refractivity contribution is 0.0698. The van der Waals surface area contributed by atoms with Crippen molar-refractivity contribution >= 4 is 11.7 Å². The highest BCUT2D eigenvalue weighted by Gasteiger charge is 2.17. The number of carboxylic acids is 1. The van der Waals surface area contributed by atoms with Crippen LogP contribution in [0.1, 0.15) is 28.8 Å². The fourth-order valence-electron chi connectivity index (χ4n) is 2.51. The lowest BCUT2D eigenvalue weighted by Crippen LogP contribution is -2.33. The second-order valence-electron chi connectivity index (χ2n) is 5.48. The monoisotopic (exact) mass is 262 g/mol. The Labute approximate surface area is 114 Å². The molecule has 1 aliphatic rings. The van der Waals surface area contributed by atoms with E-state index in [2.05, 4.69) is 17.3 Å². The van der Waals surface area contributed by atoms with Crippen LogP contribution < -0.4 is 5.32 Å². The maximum Gasteiger partial charge on any atom is 0.337 e. The van der Waals surface area contributed by atoms with E-state index in [1.807, 2.05) is 19.1 Å². The van der Waals surface area contributed by atoms with Crippen molar-refractivity contribution in [3.8, 4) is 0 Å². The Hall–Kier alpha value is -1.55. The number of piperidine rings is 1. The van der Waals surface area contributed by atoms with Crippen molar-refractivity contribution in [2.24, 2.45) is 5.92 Å². The molecule has 0 amide bonds. The third-order valence-corrected chi connectivity index (χ3v) is 3.82. The van der Waals surface area contributed by atoms with Crippen LogP contribution in [-0.4, -0.2) is 42.7 Å². The lowest BCUT2D eigenvalue weighted by atomic mass is 9.97. The molecule has 4 heteroatoms. The molecule has 1 fully saturated rings. The number of hydrogen-bond donors (Lipinski definition) is 2. The van der Waals surface area contributed by atoms with Crippen molar-refractivity contribution in [3.05, 3.63) is 29.3 Å². The van der Waals surface area contributed by atoms with Gasteiger partial charge in [0.25, 0.3) is 0 Å². The molecule has 0 saturated carbocycles. The number of rotatable bonds is 4. The van der Waals surface area contributed by atoms with Gasteiger partial charge < -0.3 is 15.3 Å². The Bertz CT molecular complexity index is 451. The number of carbonyl (C=O) groups is 1. The second kappa shape index (κ2) is 6.06. The summed E-state index contributed by atoms with van der Waals surface area (Å²) < 4.78 is 0. The van der Waals surface area contributed by atoms with Crippen molar-refractivity contribution in [2.75, 3.05) is 32.0 Å². The van der Waals surface area contributed by atoms with E-state index in [9.17, 15) is 9.90 Å². The normalized spacial score (nSPS) is 17.4. The van der Waals surface area contributed by atoms with Crippen molar-refractivity contribution in [2.45, 2.75) is 19.8 Å². The van der Waals surface area contributed by atoms with Gasteiger partial charge in [0.1, 0.15) is 0 Å². The van der Waals surface area contributed by atoms with Gasteiger partial charge in [-0.05, 0) is 63.5 Å². The molecule has 19 heavy (non-hydrogen) atoms. The number of benzene rings is 1. The van der Waals surface area contributed by atoms with E-state index in [1.165, 1.54) is 12.8 Å². The third kappa shape index (κ3) is 3.70. The van der Waals surface area contributed by atoms with Crippen LogP contribution in [0.3, 0.4) is 0 Å². The SMILES string of the molecule is Cc1ccc(C(=O)O)c(NCC2CCN(C)CC2)c1. The van der Waals surface area contributed by atoms with E-state index in [0.717, 1.165) is 30.9 Å². The summed E-state index contributed by atoms with van der Waals surface area (Å²) in [5, 5.41) is 12.5. The molecule has 1 aliphatic heterocycles. The Balaban J connectivity index is 1.98. The minimum absolute atomic E-state index is 0.360. The Morgan fingerprint density at radius 3 is 2.74 bits per heavy atom. The molecule has 0 radical (unpaired) electrons. The number of nitrogens with one attached hydrogen (secondary N) is 1. The molecular weight excluding hydrogens is 240 g/mol. The predicted molar refractivity (Wildman–Crippen MR) is 76.8 cm³/mol. The number of carboxylic acid groups (broad SMARTS) is 1. The van der Waals surface area contributed by atoms with Crippen molar-refractivity contribution in [1.82, 2.24) is 4.90 Å². The zero-order valence-electron chi connectivity index (χ0n) is 11.6. The van der Waals surface area contributed by atoms with Gasteiger partial charge in [-0.25, -0.2) is 4.79 Å². The van der Waals surface area contributed by atoms with Gasteiger partial charge in [-0.2, -0.15) is 0 Å². The highest BCUT2D eigenvalue weighted by Crippen LogP contribution is 2.21. The van der Waals surface area contributed by atoms with Gasteiger partial charge >= 0.3 is 5.97 Å². The number of likely N-dealkylation sites (tertiary alicyclic amines) is 1. The van der Waals surface area contributed by atoms with Gasteiger partial charge in [-0.3, -0.25) is 0 Å². The molecule has 0 spiro atoms. The summed E-state index contributed by atoms with van der Waals surface area (Å²) in [5.74, 6) is -0.232. The molecule has 1 heterocycles. The lowest BCUT2D eigenvalue weighted by Gasteiger charge is -2.29. The molecule has 2 rings (SSSR count). The Kier molecular flexibility index (Phi) is 4.43. The summed E-state index contributed by atoms with van der Waals surface area (Å²) in [4.78, 5) is 13.5. The average molecular weight is 262 g/mol. The third-order valence-electron chi connectivity index (χ3n) is 3.82. The summed E-state index contributed by atoms with van der Waals surface area (Å²) in [6.45, 7) is 5.10. The number of hydrogen-bond acceptors (Lipinski definition) is 3. The smallest absolute Gasteiger partial charge is 0.337 e. The molecule has 0 aliphatic carbocycles. The summed E-state index contributed by atoms with van der Waals surface area (Å²) in [6.07, 6.45) is 2.36. The topological polar surface area (TPSA) is 52.6 Å². The van der Waals surface area contributed by atoms with Crippen LogP contribution in [0, 0.1) is 12.8 Å². The molecule has 0 atom stereocenters. The summed E-state index contributed by atoms with van der Waals surface area (Å²) in [6, 6.07) is 5.43. The van der Waals surface area contributed by atoms with Crippen molar-refractivity contribution in [3.63, 3.8) is 0 Å². The molecule has 0 aromatic heterocycles. The Morgan fingerprint density at radius 1 is 1.42 bits per heavy atom. The van der Waals surface area contributed by atoms with Crippen LogP contribution in [-0.2, 0) is 0 Å². The molecule has 0 bridgehead atoms. The quantitative estimate of drug-likeness (QED) is 0.875. The van der Waals surface area contributed by atoms with E-state index < -0.39 is 5.97 Å². The number of aryl methyl sites for hydroxylation is 1. The first-order valence-electron chi connectivity index (χ1n) is 6.82. The second-order valence-corrected chi connectivity index (χ2v) is 5.48. The average Bonchev–Trinajstić information content (AvgIpc) is 2.38. The van der Waals surface area contributed by atoms with E-state index >= 15 is 0 Å². The zero-order valence-corrected chi connectivity index (χ0v) is 11.6. The summed E-state index contributed by atoms with van der Waals surface area (Å²) >= 11 is 0. The van der Waals surface area contributed by atoms with Crippen LogP contribution in [0.25, 0.3) is 0 Å². The molecule has 4 nitrogen and oxygen atoms in total. The first-order chi connectivity index (χ1) is 9.06. The highest BCUT2D eigenvalue weighted by atomic mass is 16.4. The largest absolute Gasteiger partial charge is 0.478 e. The van der Waals surface area contributed by atoms with Crippen molar-refractivity contribution < 1.29 is 9.90 Å². The molecule has 1 saturated heterocycles. The van der Waals surface area contributed by atoms with Gasteiger partial charge in [0.05, 0.1) is 5.56 Å². The van der Waals surface area contributed by atoms with Gasteiger partial charge in [0.15, 0.2) is 0 Å². The minimum atomic E-state index is -0.870. The maximum atomic E-state index is 11.2. The number of anilines is 1. The predicted octanol–water partition coefficient (Wildman–Crippen LogP) is 2.45. The van der Waals surface area contributed by atoms with E-state index in [4.69, 9.17) is 0 Å². The van der Waals surface area contributed by atoms with Crippen LogP contribution in [0.5, 0.6) is 0 Å². The first kappa shape index (κ1) is 13.9.